The molecule has 1 aliphatic heterocycles. The van der Waals surface area contributed by atoms with Gasteiger partial charge in [-0.05, 0) is 29.7 Å². The first kappa shape index (κ1) is 18.1. The van der Waals surface area contributed by atoms with E-state index in [1.165, 1.54) is 0 Å². The minimum atomic E-state index is -2.61. The Labute approximate surface area is 159 Å². The molecule has 0 amide bonds. The van der Waals surface area contributed by atoms with Crippen molar-refractivity contribution in [1.82, 2.24) is 19.9 Å². The molecule has 0 saturated heterocycles. The van der Waals surface area contributed by atoms with Crippen LogP contribution >= 0.6 is 0 Å². The van der Waals surface area contributed by atoms with E-state index in [0.717, 1.165) is 11.8 Å². The molecule has 3 heterocycles. The molecule has 3 aromatic rings. The maximum Gasteiger partial charge on any atom is 0.272 e. The van der Waals surface area contributed by atoms with Crippen molar-refractivity contribution in [3.05, 3.63) is 59.9 Å². The van der Waals surface area contributed by atoms with Gasteiger partial charge in [-0.1, -0.05) is 0 Å². The van der Waals surface area contributed by atoms with Crippen LogP contribution in [0.1, 0.15) is 11.1 Å². The van der Waals surface area contributed by atoms with Gasteiger partial charge in [-0.25, -0.2) is 33.1 Å². The van der Waals surface area contributed by atoms with Crippen molar-refractivity contribution in [2.45, 2.75) is 19.4 Å². The van der Waals surface area contributed by atoms with Crippen molar-refractivity contribution in [3.63, 3.8) is 0 Å². The number of anilines is 1. The zero-order valence-corrected chi connectivity index (χ0v) is 14.7. The van der Waals surface area contributed by atoms with Gasteiger partial charge in [-0.2, -0.15) is 0 Å². The summed E-state index contributed by atoms with van der Waals surface area (Å²) in [6.45, 7) is 0.229. The van der Waals surface area contributed by atoms with Crippen LogP contribution in [0.4, 0.5) is 18.9 Å². The Balaban J connectivity index is 1.53. The number of benzene rings is 1. The molecule has 0 saturated carbocycles. The second kappa shape index (κ2) is 7.79. The van der Waals surface area contributed by atoms with Gasteiger partial charge in [0.05, 0.1) is 18.1 Å². The van der Waals surface area contributed by atoms with E-state index in [0.29, 0.717) is 42.3 Å². The highest BCUT2D eigenvalue weighted by Crippen LogP contribution is 2.29. The molecule has 0 unspecified atom stereocenters. The topological polar surface area (TPSA) is 64.0 Å². The van der Waals surface area contributed by atoms with E-state index in [2.05, 4.69) is 19.9 Å². The first-order chi connectivity index (χ1) is 13.6. The highest BCUT2D eigenvalue weighted by molar-refractivity contribution is 5.51. The molecule has 0 N–H and O–H groups in total. The summed E-state index contributed by atoms with van der Waals surface area (Å²) in [4.78, 5) is 18.8. The maximum atomic E-state index is 14.3. The van der Waals surface area contributed by atoms with Crippen LogP contribution < -0.4 is 9.64 Å². The fourth-order valence-corrected chi connectivity index (χ4v) is 3.10. The predicted molar refractivity (Wildman–Crippen MR) is 95.7 cm³/mol. The molecule has 9 heteroatoms. The molecular formula is C19H16F3N5O. The number of ether oxygens (including phenoxy) is 1. The molecule has 0 radical (unpaired) electrons. The summed E-state index contributed by atoms with van der Waals surface area (Å²) in [6.07, 6.45) is 4.43. The van der Waals surface area contributed by atoms with Gasteiger partial charge in [-0.3, -0.25) is 0 Å². The Bertz CT molecular complexity index is 954. The normalized spacial score (nSPS) is 13.5. The Morgan fingerprint density at radius 1 is 1.04 bits per heavy atom. The van der Waals surface area contributed by atoms with Gasteiger partial charge in [0, 0.05) is 31.5 Å². The fourth-order valence-electron chi connectivity index (χ4n) is 3.10. The summed E-state index contributed by atoms with van der Waals surface area (Å²) in [7, 11) is 0. The van der Waals surface area contributed by atoms with E-state index in [1.807, 2.05) is 4.90 Å². The van der Waals surface area contributed by atoms with E-state index in [-0.39, 0.29) is 5.75 Å². The van der Waals surface area contributed by atoms with Gasteiger partial charge in [0.2, 0.25) is 0 Å². The number of halogens is 3. The third-order valence-corrected chi connectivity index (χ3v) is 4.40. The van der Waals surface area contributed by atoms with Gasteiger partial charge in [0.15, 0.2) is 11.6 Å². The van der Waals surface area contributed by atoms with Crippen LogP contribution in [0.25, 0.3) is 11.6 Å². The number of nitrogens with zero attached hydrogens (tertiary/aromatic N) is 5. The van der Waals surface area contributed by atoms with E-state index < -0.39 is 18.8 Å². The Morgan fingerprint density at radius 3 is 2.46 bits per heavy atom. The molecule has 1 aromatic carbocycles. The summed E-state index contributed by atoms with van der Waals surface area (Å²) >= 11 is 0. The van der Waals surface area contributed by atoms with Crippen LogP contribution in [0.3, 0.4) is 0 Å². The number of hydrogen-bond acceptors (Lipinski definition) is 6. The smallest absolute Gasteiger partial charge is 0.272 e. The first-order valence-corrected chi connectivity index (χ1v) is 8.67. The van der Waals surface area contributed by atoms with Crippen molar-refractivity contribution in [1.29, 1.82) is 0 Å². The van der Waals surface area contributed by atoms with Crippen molar-refractivity contribution in [2.24, 2.45) is 0 Å². The third-order valence-electron chi connectivity index (χ3n) is 4.40. The van der Waals surface area contributed by atoms with Crippen molar-refractivity contribution < 1.29 is 17.9 Å². The number of fused-ring (bicyclic) bond motifs is 1. The maximum absolute atomic E-state index is 14.3. The summed E-state index contributed by atoms with van der Waals surface area (Å²) in [6, 6.07) is 4.48. The predicted octanol–water partition coefficient (Wildman–Crippen LogP) is 3.28. The number of hydrogen-bond donors (Lipinski definition) is 0. The zero-order valence-electron chi connectivity index (χ0n) is 14.7. The summed E-state index contributed by atoms with van der Waals surface area (Å²) in [5.74, 6) is 0.511. The Kier molecular flexibility index (Phi) is 5.05. The van der Waals surface area contributed by atoms with Crippen LogP contribution in [0.5, 0.6) is 5.75 Å². The van der Waals surface area contributed by atoms with Crippen molar-refractivity contribution in [3.8, 4) is 17.4 Å². The lowest BCUT2D eigenvalue weighted by atomic mass is 9.98. The van der Waals surface area contributed by atoms with Gasteiger partial charge in [0.1, 0.15) is 18.2 Å². The van der Waals surface area contributed by atoms with E-state index in [1.54, 1.807) is 36.9 Å². The van der Waals surface area contributed by atoms with Crippen LogP contribution in [0, 0.1) is 5.82 Å². The van der Waals surface area contributed by atoms with Crippen LogP contribution in [-0.2, 0) is 13.0 Å². The molecular weight excluding hydrogens is 371 g/mol. The largest absolute Gasteiger partial charge is 0.488 e. The second-order valence-corrected chi connectivity index (χ2v) is 6.25. The molecule has 0 bridgehead atoms. The SMILES string of the molecule is Fc1cc(OCC(F)F)cc2c1CCN(c1cnc(-c3ncccn3)nc1)C2. The Morgan fingerprint density at radius 2 is 1.75 bits per heavy atom. The third kappa shape index (κ3) is 3.88. The van der Waals surface area contributed by atoms with Gasteiger partial charge in [-0.15, -0.1) is 0 Å². The van der Waals surface area contributed by atoms with Gasteiger partial charge < -0.3 is 9.64 Å². The monoisotopic (exact) mass is 387 g/mol. The standard InChI is InChI=1S/C19H16F3N5O/c20-16-7-14(28-11-17(21)22)6-12-10-27(5-2-15(12)16)13-8-25-19(26-9-13)18-23-3-1-4-24-18/h1,3-4,6-9,17H,2,5,10-11H2. The van der Waals surface area contributed by atoms with E-state index in [4.69, 9.17) is 4.74 Å². The van der Waals surface area contributed by atoms with Gasteiger partial charge in [0.25, 0.3) is 6.43 Å². The summed E-state index contributed by atoms with van der Waals surface area (Å²) in [5, 5.41) is 0. The van der Waals surface area contributed by atoms with Gasteiger partial charge >= 0.3 is 0 Å². The summed E-state index contributed by atoms with van der Waals surface area (Å²) in [5.41, 5.74) is 2.05. The van der Waals surface area contributed by atoms with Crippen LogP contribution in [0.15, 0.2) is 43.0 Å². The minimum Gasteiger partial charge on any atom is -0.488 e. The lowest BCUT2D eigenvalue weighted by Gasteiger charge is -2.30. The van der Waals surface area contributed by atoms with E-state index >= 15 is 0 Å². The van der Waals surface area contributed by atoms with Crippen molar-refractivity contribution >= 4 is 5.69 Å². The quantitative estimate of drug-likeness (QED) is 0.670. The van der Waals surface area contributed by atoms with Crippen LogP contribution in [0.2, 0.25) is 0 Å². The summed E-state index contributed by atoms with van der Waals surface area (Å²) < 4.78 is 44.0. The number of alkyl halides is 2. The molecule has 4 rings (SSSR count). The minimum absolute atomic E-state index is 0.103. The molecule has 2 aromatic heterocycles. The number of aromatic nitrogens is 4. The zero-order chi connectivity index (χ0) is 19.5. The molecule has 1 aliphatic rings. The average molecular weight is 387 g/mol. The average Bonchev–Trinajstić information content (AvgIpc) is 2.72. The van der Waals surface area contributed by atoms with Crippen molar-refractivity contribution in [2.75, 3.05) is 18.1 Å². The molecule has 6 nitrogen and oxygen atoms in total. The molecule has 0 fully saturated rings. The lowest BCUT2D eigenvalue weighted by Crippen LogP contribution is -2.31. The Hall–Kier alpha value is -3.23. The van der Waals surface area contributed by atoms with E-state index in [9.17, 15) is 13.2 Å². The fraction of sp³-hybridized carbons (Fsp3) is 0.263. The molecule has 28 heavy (non-hydrogen) atoms. The molecule has 0 atom stereocenters. The molecule has 0 spiro atoms. The molecule has 0 aliphatic carbocycles. The number of rotatable bonds is 5. The first-order valence-electron chi connectivity index (χ1n) is 8.67. The highest BCUT2D eigenvalue weighted by atomic mass is 19.3. The lowest BCUT2D eigenvalue weighted by molar-refractivity contribution is 0.0816. The highest BCUT2D eigenvalue weighted by Gasteiger charge is 2.22. The van der Waals surface area contributed by atoms with Crippen LogP contribution in [-0.4, -0.2) is 39.5 Å². The molecule has 144 valence electrons. The second-order valence-electron chi connectivity index (χ2n) is 6.25.